The lowest BCUT2D eigenvalue weighted by Crippen LogP contribution is -1.91. The van der Waals surface area contributed by atoms with Crippen LogP contribution in [0.15, 0.2) is 60.9 Å². The van der Waals surface area contributed by atoms with Crippen LogP contribution >= 0.6 is 0 Å². The molecule has 0 fully saturated rings. The van der Waals surface area contributed by atoms with Crippen LogP contribution in [0.3, 0.4) is 0 Å². The van der Waals surface area contributed by atoms with E-state index < -0.39 is 0 Å². The third-order valence-corrected chi connectivity index (χ3v) is 2.83. The molecule has 94 valence electrons. The highest BCUT2D eigenvalue weighted by molar-refractivity contribution is 5.61. The summed E-state index contributed by atoms with van der Waals surface area (Å²) in [5.74, 6) is 0. The van der Waals surface area contributed by atoms with Gasteiger partial charge in [0.1, 0.15) is 6.07 Å². The molecule has 0 aliphatic carbocycles. The van der Waals surface area contributed by atoms with Gasteiger partial charge in [-0.1, -0.05) is 12.1 Å². The molecule has 0 N–H and O–H groups in total. The summed E-state index contributed by atoms with van der Waals surface area (Å²) >= 11 is 0. The maximum atomic E-state index is 8.78. The molecule has 0 saturated carbocycles. The largest absolute Gasteiger partial charge is 0.255 e. The first kappa shape index (κ1) is 12.0. The Morgan fingerprint density at radius 3 is 2.10 bits per heavy atom. The van der Waals surface area contributed by atoms with Gasteiger partial charge in [0, 0.05) is 12.4 Å². The summed E-state index contributed by atoms with van der Waals surface area (Å²) in [6.45, 7) is 0. The van der Waals surface area contributed by atoms with E-state index in [4.69, 9.17) is 5.26 Å². The van der Waals surface area contributed by atoms with Crippen molar-refractivity contribution in [2.75, 3.05) is 0 Å². The lowest BCUT2D eigenvalue weighted by molar-refractivity contribution is 1.21. The van der Waals surface area contributed by atoms with Gasteiger partial charge in [0.25, 0.3) is 0 Å². The summed E-state index contributed by atoms with van der Waals surface area (Å²) in [6.07, 6.45) is 3.29. The van der Waals surface area contributed by atoms with Crippen molar-refractivity contribution in [1.29, 1.82) is 5.26 Å². The number of nitrogens with zero attached hydrogens (tertiary/aromatic N) is 4. The molecule has 20 heavy (non-hydrogen) atoms. The molecule has 4 nitrogen and oxygen atoms in total. The predicted molar refractivity (Wildman–Crippen MR) is 75.4 cm³/mol. The average molecular weight is 258 g/mol. The number of hydrogen-bond acceptors (Lipinski definition) is 4. The van der Waals surface area contributed by atoms with Gasteiger partial charge >= 0.3 is 0 Å². The van der Waals surface area contributed by atoms with Crippen molar-refractivity contribution in [3.8, 4) is 28.8 Å². The van der Waals surface area contributed by atoms with Crippen molar-refractivity contribution in [2.45, 2.75) is 0 Å². The van der Waals surface area contributed by atoms with E-state index in [1.807, 2.05) is 42.5 Å². The standard InChI is InChI=1S/C16H10N4/c17-10-12-7-8-14(19-11-12)16-6-3-5-15(20-16)13-4-1-2-9-18-13/h1-9,11H. The quantitative estimate of drug-likeness (QED) is 0.708. The Balaban J connectivity index is 2.01. The molecule has 0 unspecified atom stereocenters. The lowest BCUT2D eigenvalue weighted by Gasteiger charge is -2.03. The minimum Gasteiger partial charge on any atom is -0.255 e. The van der Waals surface area contributed by atoms with Gasteiger partial charge in [-0.05, 0) is 36.4 Å². The van der Waals surface area contributed by atoms with Gasteiger partial charge in [-0.25, -0.2) is 4.98 Å². The van der Waals surface area contributed by atoms with Gasteiger partial charge in [-0.2, -0.15) is 5.26 Å². The van der Waals surface area contributed by atoms with Crippen molar-refractivity contribution in [2.24, 2.45) is 0 Å². The average Bonchev–Trinajstić information content (AvgIpc) is 2.56. The minimum atomic E-state index is 0.537. The van der Waals surface area contributed by atoms with Crippen LogP contribution in [0.1, 0.15) is 5.56 Å². The molecule has 0 atom stereocenters. The van der Waals surface area contributed by atoms with Crippen molar-refractivity contribution >= 4 is 0 Å². The third-order valence-electron chi connectivity index (χ3n) is 2.83. The second-order valence-corrected chi connectivity index (χ2v) is 4.17. The number of pyridine rings is 3. The summed E-state index contributed by atoms with van der Waals surface area (Å²) in [5.41, 5.74) is 3.66. The highest BCUT2D eigenvalue weighted by Crippen LogP contribution is 2.19. The molecule has 0 radical (unpaired) electrons. The zero-order valence-electron chi connectivity index (χ0n) is 10.6. The number of nitriles is 1. The topological polar surface area (TPSA) is 62.5 Å². The number of aromatic nitrogens is 3. The summed E-state index contributed by atoms with van der Waals surface area (Å²) in [6, 6.07) is 17.0. The molecule has 0 bridgehead atoms. The van der Waals surface area contributed by atoms with Gasteiger partial charge in [0.05, 0.1) is 28.3 Å². The Labute approximate surface area is 116 Å². The Bertz CT molecular complexity index is 758. The first-order valence-electron chi connectivity index (χ1n) is 6.12. The van der Waals surface area contributed by atoms with Gasteiger partial charge in [0.15, 0.2) is 0 Å². The van der Waals surface area contributed by atoms with Crippen LogP contribution in [-0.2, 0) is 0 Å². The van der Waals surface area contributed by atoms with Crippen LogP contribution in [0, 0.1) is 11.3 Å². The Hall–Kier alpha value is -3.06. The van der Waals surface area contributed by atoms with E-state index in [9.17, 15) is 0 Å². The van der Waals surface area contributed by atoms with Crippen molar-refractivity contribution < 1.29 is 0 Å². The SMILES string of the molecule is N#Cc1ccc(-c2cccc(-c3ccccn3)n2)nc1. The van der Waals surface area contributed by atoms with Crippen LogP contribution in [0.5, 0.6) is 0 Å². The van der Waals surface area contributed by atoms with Crippen LogP contribution < -0.4 is 0 Å². The molecule has 0 aromatic carbocycles. The van der Waals surface area contributed by atoms with E-state index in [2.05, 4.69) is 15.0 Å². The molecule has 0 saturated heterocycles. The minimum absolute atomic E-state index is 0.537. The third kappa shape index (κ3) is 2.38. The second kappa shape index (κ2) is 5.29. The van der Waals surface area contributed by atoms with Gasteiger partial charge in [-0.15, -0.1) is 0 Å². The van der Waals surface area contributed by atoms with E-state index in [-0.39, 0.29) is 0 Å². The fraction of sp³-hybridized carbons (Fsp3) is 0. The van der Waals surface area contributed by atoms with Gasteiger partial charge in [-0.3, -0.25) is 9.97 Å². The van der Waals surface area contributed by atoms with Crippen molar-refractivity contribution in [1.82, 2.24) is 15.0 Å². The highest BCUT2D eigenvalue weighted by atomic mass is 14.8. The second-order valence-electron chi connectivity index (χ2n) is 4.17. The molecule has 0 aliphatic rings. The van der Waals surface area contributed by atoms with Crippen molar-refractivity contribution in [3.63, 3.8) is 0 Å². The molecular formula is C16H10N4. The van der Waals surface area contributed by atoms with Crippen molar-refractivity contribution in [3.05, 3.63) is 66.5 Å². The summed E-state index contributed by atoms with van der Waals surface area (Å²) in [5, 5.41) is 8.78. The first-order chi connectivity index (χ1) is 9.86. The summed E-state index contributed by atoms with van der Waals surface area (Å²) < 4.78 is 0. The van der Waals surface area contributed by atoms with Crippen LogP contribution in [0.2, 0.25) is 0 Å². The van der Waals surface area contributed by atoms with E-state index in [1.54, 1.807) is 24.5 Å². The van der Waals surface area contributed by atoms with E-state index >= 15 is 0 Å². The van der Waals surface area contributed by atoms with Crippen LogP contribution in [0.4, 0.5) is 0 Å². The highest BCUT2D eigenvalue weighted by Gasteiger charge is 2.05. The van der Waals surface area contributed by atoms with E-state index in [0.29, 0.717) is 5.56 Å². The van der Waals surface area contributed by atoms with E-state index in [1.165, 1.54) is 0 Å². The Kier molecular flexibility index (Phi) is 3.17. The fourth-order valence-corrected chi connectivity index (χ4v) is 1.85. The predicted octanol–water partition coefficient (Wildman–Crippen LogP) is 3.08. The molecule has 3 aromatic rings. The summed E-state index contributed by atoms with van der Waals surface area (Å²) in [7, 11) is 0. The zero-order valence-corrected chi connectivity index (χ0v) is 10.6. The molecule has 3 heterocycles. The molecule has 0 amide bonds. The number of rotatable bonds is 2. The van der Waals surface area contributed by atoms with Gasteiger partial charge < -0.3 is 0 Å². The first-order valence-corrected chi connectivity index (χ1v) is 6.12. The monoisotopic (exact) mass is 258 g/mol. The maximum absolute atomic E-state index is 8.78. The van der Waals surface area contributed by atoms with Crippen LogP contribution in [0.25, 0.3) is 22.8 Å². The zero-order chi connectivity index (χ0) is 13.8. The van der Waals surface area contributed by atoms with E-state index in [0.717, 1.165) is 22.8 Å². The Morgan fingerprint density at radius 2 is 1.50 bits per heavy atom. The molecule has 0 aliphatic heterocycles. The maximum Gasteiger partial charge on any atom is 0.101 e. The normalized spacial score (nSPS) is 9.95. The smallest absolute Gasteiger partial charge is 0.101 e. The molecule has 0 spiro atoms. The molecule has 4 heteroatoms. The Morgan fingerprint density at radius 1 is 0.750 bits per heavy atom. The molecule has 3 aromatic heterocycles. The lowest BCUT2D eigenvalue weighted by atomic mass is 10.2. The van der Waals surface area contributed by atoms with Crippen LogP contribution in [-0.4, -0.2) is 15.0 Å². The summed E-state index contributed by atoms with van der Waals surface area (Å²) in [4.78, 5) is 13.1. The molecule has 3 rings (SSSR count). The number of hydrogen-bond donors (Lipinski definition) is 0. The molecular weight excluding hydrogens is 248 g/mol. The van der Waals surface area contributed by atoms with Gasteiger partial charge in [0.2, 0.25) is 0 Å². The fourth-order valence-electron chi connectivity index (χ4n) is 1.85.